The summed E-state index contributed by atoms with van der Waals surface area (Å²) in [5.74, 6) is -0.298. The Morgan fingerprint density at radius 3 is 2.80 bits per heavy atom. The van der Waals surface area contributed by atoms with E-state index in [0.29, 0.717) is 10.9 Å². The average Bonchev–Trinajstić information content (AvgIpc) is 2.16. The van der Waals surface area contributed by atoms with Crippen LogP contribution in [0.3, 0.4) is 0 Å². The van der Waals surface area contributed by atoms with Crippen LogP contribution < -0.4 is 11.1 Å². The SMILES string of the molecule is N=C(N)Nc1nc(O)c2ccccc2n1. The fourth-order valence-electron chi connectivity index (χ4n) is 1.24. The van der Waals surface area contributed by atoms with Crippen molar-refractivity contribution in [2.24, 2.45) is 5.73 Å². The molecule has 0 saturated carbocycles. The van der Waals surface area contributed by atoms with E-state index in [1.54, 1.807) is 24.3 Å². The van der Waals surface area contributed by atoms with Gasteiger partial charge in [0.2, 0.25) is 11.8 Å². The first-order valence-electron chi connectivity index (χ1n) is 4.23. The molecule has 15 heavy (non-hydrogen) atoms. The molecule has 0 unspecified atom stereocenters. The van der Waals surface area contributed by atoms with Gasteiger partial charge in [-0.2, -0.15) is 4.98 Å². The molecular formula is C9H9N5O. The van der Waals surface area contributed by atoms with Crippen LogP contribution in [0.25, 0.3) is 10.9 Å². The van der Waals surface area contributed by atoms with Crippen LogP contribution in [-0.4, -0.2) is 21.0 Å². The highest BCUT2D eigenvalue weighted by atomic mass is 16.3. The Morgan fingerprint density at radius 2 is 2.07 bits per heavy atom. The summed E-state index contributed by atoms with van der Waals surface area (Å²) in [4.78, 5) is 7.83. The minimum Gasteiger partial charge on any atom is -0.493 e. The van der Waals surface area contributed by atoms with Crippen molar-refractivity contribution in [2.75, 3.05) is 5.32 Å². The molecule has 6 heteroatoms. The third-order valence-corrected chi connectivity index (χ3v) is 1.83. The largest absolute Gasteiger partial charge is 0.493 e. The lowest BCUT2D eigenvalue weighted by Crippen LogP contribution is -2.21. The summed E-state index contributed by atoms with van der Waals surface area (Å²) in [6.45, 7) is 0. The van der Waals surface area contributed by atoms with Crippen molar-refractivity contribution in [1.29, 1.82) is 5.41 Å². The van der Waals surface area contributed by atoms with Crippen LogP contribution >= 0.6 is 0 Å². The summed E-state index contributed by atoms with van der Waals surface area (Å²) >= 11 is 0. The maximum atomic E-state index is 9.56. The van der Waals surface area contributed by atoms with Crippen LogP contribution in [-0.2, 0) is 0 Å². The highest BCUT2D eigenvalue weighted by Gasteiger charge is 2.05. The molecule has 0 atom stereocenters. The second kappa shape index (κ2) is 3.41. The van der Waals surface area contributed by atoms with E-state index < -0.39 is 0 Å². The van der Waals surface area contributed by atoms with Crippen molar-refractivity contribution in [3.63, 3.8) is 0 Å². The Balaban J connectivity index is 2.57. The van der Waals surface area contributed by atoms with E-state index in [0.717, 1.165) is 0 Å². The maximum Gasteiger partial charge on any atom is 0.233 e. The summed E-state index contributed by atoms with van der Waals surface area (Å²) in [6, 6.07) is 7.03. The Hall–Kier alpha value is -2.37. The first-order valence-corrected chi connectivity index (χ1v) is 4.23. The summed E-state index contributed by atoms with van der Waals surface area (Å²) in [6.07, 6.45) is 0. The van der Waals surface area contributed by atoms with Crippen molar-refractivity contribution < 1.29 is 5.11 Å². The number of hydrogen-bond donors (Lipinski definition) is 4. The van der Waals surface area contributed by atoms with Gasteiger partial charge in [0.1, 0.15) is 0 Å². The molecule has 2 rings (SSSR count). The van der Waals surface area contributed by atoms with E-state index in [4.69, 9.17) is 11.1 Å². The van der Waals surface area contributed by atoms with Crippen molar-refractivity contribution in [3.05, 3.63) is 24.3 Å². The Labute approximate surface area is 85.3 Å². The van der Waals surface area contributed by atoms with Gasteiger partial charge in [-0.15, -0.1) is 0 Å². The lowest BCUT2D eigenvalue weighted by Gasteiger charge is -2.04. The number of anilines is 1. The van der Waals surface area contributed by atoms with E-state index in [-0.39, 0.29) is 17.8 Å². The van der Waals surface area contributed by atoms with Gasteiger partial charge in [0.05, 0.1) is 10.9 Å². The molecule has 0 radical (unpaired) electrons. The van der Waals surface area contributed by atoms with E-state index in [1.165, 1.54) is 0 Å². The van der Waals surface area contributed by atoms with Crippen LogP contribution in [0, 0.1) is 5.41 Å². The molecule has 1 aromatic heterocycles. The number of nitrogens with zero attached hydrogens (tertiary/aromatic N) is 2. The fraction of sp³-hybridized carbons (Fsp3) is 0. The molecule has 0 amide bonds. The quantitative estimate of drug-likeness (QED) is 0.402. The summed E-state index contributed by atoms with van der Waals surface area (Å²) in [5.41, 5.74) is 5.72. The molecule has 5 N–H and O–H groups in total. The number of aromatic nitrogens is 2. The molecule has 1 aromatic carbocycles. The Morgan fingerprint density at radius 1 is 1.33 bits per heavy atom. The molecule has 0 fully saturated rings. The first-order chi connectivity index (χ1) is 7.16. The lowest BCUT2D eigenvalue weighted by molar-refractivity contribution is 0.460. The number of rotatable bonds is 1. The van der Waals surface area contributed by atoms with Gasteiger partial charge in [-0.3, -0.25) is 10.7 Å². The fourth-order valence-corrected chi connectivity index (χ4v) is 1.24. The van der Waals surface area contributed by atoms with Crippen LogP contribution in [0.1, 0.15) is 0 Å². The van der Waals surface area contributed by atoms with Gasteiger partial charge in [-0.25, -0.2) is 4.98 Å². The van der Waals surface area contributed by atoms with Gasteiger partial charge in [0, 0.05) is 0 Å². The Kier molecular flexibility index (Phi) is 2.09. The van der Waals surface area contributed by atoms with Crippen molar-refractivity contribution in [2.45, 2.75) is 0 Å². The average molecular weight is 203 g/mol. The third-order valence-electron chi connectivity index (χ3n) is 1.83. The lowest BCUT2D eigenvalue weighted by atomic mass is 10.2. The number of aromatic hydroxyl groups is 1. The molecule has 0 aliphatic rings. The van der Waals surface area contributed by atoms with E-state index in [2.05, 4.69) is 15.3 Å². The molecule has 0 spiro atoms. The molecule has 2 aromatic rings. The third kappa shape index (κ3) is 1.78. The number of hydrogen-bond acceptors (Lipinski definition) is 4. The number of benzene rings is 1. The van der Waals surface area contributed by atoms with Gasteiger partial charge < -0.3 is 10.8 Å². The zero-order valence-electron chi connectivity index (χ0n) is 7.73. The van der Waals surface area contributed by atoms with Gasteiger partial charge in [0.15, 0.2) is 5.96 Å². The second-order valence-corrected chi connectivity index (χ2v) is 2.93. The topological polar surface area (TPSA) is 108 Å². The van der Waals surface area contributed by atoms with Crippen LogP contribution in [0.2, 0.25) is 0 Å². The van der Waals surface area contributed by atoms with E-state index in [1.807, 2.05) is 0 Å². The van der Waals surface area contributed by atoms with Crippen molar-refractivity contribution >= 4 is 22.8 Å². The number of nitrogens with two attached hydrogens (primary N) is 1. The van der Waals surface area contributed by atoms with Gasteiger partial charge in [-0.05, 0) is 12.1 Å². The minimum absolute atomic E-state index is 0.110. The zero-order chi connectivity index (χ0) is 10.8. The highest BCUT2D eigenvalue weighted by molar-refractivity contribution is 5.90. The van der Waals surface area contributed by atoms with Crippen LogP contribution in [0.4, 0.5) is 5.95 Å². The highest BCUT2D eigenvalue weighted by Crippen LogP contribution is 2.21. The molecule has 0 saturated heterocycles. The molecule has 0 aliphatic heterocycles. The molecular weight excluding hydrogens is 194 g/mol. The second-order valence-electron chi connectivity index (χ2n) is 2.93. The zero-order valence-corrected chi connectivity index (χ0v) is 7.73. The molecule has 76 valence electrons. The maximum absolute atomic E-state index is 9.56. The van der Waals surface area contributed by atoms with E-state index in [9.17, 15) is 5.11 Å². The molecule has 0 bridgehead atoms. The predicted octanol–water partition coefficient (Wildman–Crippen LogP) is 0.641. The van der Waals surface area contributed by atoms with Crippen molar-refractivity contribution in [3.8, 4) is 5.88 Å². The minimum atomic E-state index is -0.273. The smallest absolute Gasteiger partial charge is 0.233 e. The number of fused-ring (bicyclic) bond motifs is 1. The van der Waals surface area contributed by atoms with Gasteiger partial charge in [0.25, 0.3) is 0 Å². The first kappa shape index (κ1) is 9.20. The molecule has 6 nitrogen and oxygen atoms in total. The number of nitrogens with one attached hydrogen (secondary N) is 2. The standard InChI is InChI=1S/C9H9N5O/c10-8(11)14-9-12-6-4-2-1-3-5(6)7(15)13-9/h1-4H,(H5,10,11,12,13,14,15). The monoisotopic (exact) mass is 203 g/mol. The summed E-state index contributed by atoms with van der Waals surface area (Å²) < 4.78 is 0. The predicted molar refractivity (Wildman–Crippen MR) is 56.7 cm³/mol. The van der Waals surface area contributed by atoms with Gasteiger partial charge >= 0.3 is 0 Å². The summed E-state index contributed by atoms with van der Waals surface area (Å²) in [5, 5.41) is 19.6. The number of para-hydroxylation sites is 1. The normalized spacial score (nSPS) is 10.1. The molecule has 0 aliphatic carbocycles. The van der Waals surface area contributed by atoms with Crippen LogP contribution in [0.5, 0.6) is 5.88 Å². The summed E-state index contributed by atoms with van der Waals surface area (Å²) in [7, 11) is 0. The Bertz CT molecular complexity index is 525. The van der Waals surface area contributed by atoms with Crippen molar-refractivity contribution in [1.82, 2.24) is 9.97 Å². The van der Waals surface area contributed by atoms with Crippen LogP contribution in [0.15, 0.2) is 24.3 Å². The van der Waals surface area contributed by atoms with Gasteiger partial charge in [-0.1, -0.05) is 12.1 Å². The molecule has 1 heterocycles. The van der Waals surface area contributed by atoms with E-state index >= 15 is 0 Å². The number of guanidine groups is 1.